The van der Waals surface area contributed by atoms with Gasteiger partial charge in [0.25, 0.3) is 5.91 Å². The molecule has 1 aliphatic rings. The molecule has 1 fully saturated rings. The topological polar surface area (TPSA) is 72.6 Å². The van der Waals surface area contributed by atoms with E-state index in [2.05, 4.69) is 0 Å². The lowest BCUT2D eigenvalue weighted by atomic mass is 9.97. The molecule has 0 saturated carbocycles. The molecule has 1 unspecified atom stereocenters. The summed E-state index contributed by atoms with van der Waals surface area (Å²) in [5, 5.41) is 0. The lowest BCUT2D eigenvalue weighted by molar-refractivity contribution is -0.188. The largest absolute Gasteiger partial charge is 0.484 e. The van der Waals surface area contributed by atoms with Gasteiger partial charge in [0.15, 0.2) is 6.61 Å². The van der Waals surface area contributed by atoms with Gasteiger partial charge in [-0.15, -0.1) is 0 Å². The Labute approximate surface area is 137 Å². The SMILES string of the molecule is NC(=O)Cc1cccc(OCC(=O)N2CCCC(C(F)(F)F)C2)c1. The van der Waals surface area contributed by atoms with Crippen molar-refractivity contribution in [2.24, 2.45) is 11.7 Å². The van der Waals surface area contributed by atoms with Crippen LogP contribution < -0.4 is 10.5 Å². The summed E-state index contributed by atoms with van der Waals surface area (Å²) in [6, 6.07) is 6.52. The summed E-state index contributed by atoms with van der Waals surface area (Å²) in [4.78, 5) is 24.1. The van der Waals surface area contributed by atoms with Crippen LogP contribution in [0.4, 0.5) is 13.2 Å². The molecule has 0 bridgehead atoms. The zero-order valence-corrected chi connectivity index (χ0v) is 13.0. The Balaban J connectivity index is 1.90. The lowest BCUT2D eigenvalue weighted by Gasteiger charge is -2.33. The maximum atomic E-state index is 12.8. The number of halogens is 3. The third-order valence-corrected chi connectivity index (χ3v) is 3.88. The fourth-order valence-electron chi connectivity index (χ4n) is 2.65. The van der Waals surface area contributed by atoms with Gasteiger partial charge in [0.05, 0.1) is 12.3 Å². The normalized spacial score (nSPS) is 18.3. The molecule has 1 heterocycles. The molecule has 1 aromatic rings. The molecule has 2 amide bonds. The number of ether oxygens (including phenoxy) is 1. The van der Waals surface area contributed by atoms with Crippen LogP contribution in [0.5, 0.6) is 5.75 Å². The number of nitrogens with two attached hydrogens (primary N) is 1. The van der Waals surface area contributed by atoms with Gasteiger partial charge >= 0.3 is 6.18 Å². The highest BCUT2D eigenvalue weighted by Crippen LogP contribution is 2.33. The van der Waals surface area contributed by atoms with Crippen molar-refractivity contribution >= 4 is 11.8 Å². The second-order valence-electron chi connectivity index (χ2n) is 5.80. The molecule has 0 spiro atoms. The molecule has 1 atom stereocenters. The van der Waals surface area contributed by atoms with Crippen molar-refractivity contribution in [1.29, 1.82) is 0 Å². The highest BCUT2D eigenvalue weighted by Gasteiger charge is 2.42. The van der Waals surface area contributed by atoms with Crippen molar-refractivity contribution in [1.82, 2.24) is 4.90 Å². The summed E-state index contributed by atoms with van der Waals surface area (Å²) in [6.45, 7) is -0.367. The number of primary amides is 1. The minimum absolute atomic E-state index is 0.0449. The zero-order chi connectivity index (χ0) is 17.7. The summed E-state index contributed by atoms with van der Waals surface area (Å²) in [5.41, 5.74) is 5.75. The maximum absolute atomic E-state index is 12.8. The first-order chi connectivity index (χ1) is 11.3. The maximum Gasteiger partial charge on any atom is 0.393 e. The molecule has 1 aliphatic heterocycles. The van der Waals surface area contributed by atoms with Crippen LogP contribution in [-0.4, -0.2) is 42.6 Å². The number of nitrogens with zero attached hydrogens (tertiary/aromatic N) is 1. The van der Waals surface area contributed by atoms with E-state index in [1.807, 2.05) is 0 Å². The van der Waals surface area contributed by atoms with E-state index in [0.717, 1.165) is 0 Å². The number of rotatable bonds is 5. The van der Waals surface area contributed by atoms with Crippen molar-refractivity contribution in [2.75, 3.05) is 19.7 Å². The number of alkyl halides is 3. The van der Waals surface area contributed by atoms with Gasteiger partial charge in [-0.2, -0.15) is 13.2 Å². The summed E-state index contributed by atoms with van der Waals surface area (Å²) in [5.74, 6) is -2.08. The molecule has 0 aliphatic carbocycles. The molecule has 132 valence electrons. The third kappa shape index (κ3) is 5.14. The van der Waals surface area contributed by atoms with E-state index in [1.165, 1.54) is 4.90 Å². The van der Waals surface area contributed by atoms with Crippen LogP contribution in [0.15, 0.2) is 24.3 Å². The van der Waals surface area contributed by atoms with Crippen LogP contribution in [0.1, 0.15) is 18.4 Å². The highest BCUT2D eigenvalue weighted by molar-refractivity contribution is 5.78. The van der Waals surface area contributed by atoms with Crippen LogP contribution in [-0.2, 0) is 16.0 Å². The molecular formula is C16H19F3N2O3. The first-order valence-corrected chi connectivity index (χ1v) is 7.60. The van der Waals surface area contributed by atoms with Gasteiger partial charge < -0.3 is 15.4 Å². The van der Waals surface area contributed by atoms with Crippen molar-refractivity contribution in [3.63, 3.8) is 0 Å². The molecule has 5 nitrogen and oxygen atoms in total. The number of carbonyl (C=O) groups excluding carboxylic acids is 2. The number of hydrogen-bond acceptors (Lipinski definition) is 3. The molecule has 8 heteroatoms. The molecule has 1 aromatic carbocycles. The second-order valence-corrected chi connectivity index (χ2v) is 5.80. The fraction of sp³-hybridized carbons (Fsp3) is 0.500. The Morgan fingerprint density at radius 2 is 2.08 bits per heavy atom. The van der Waals surface area contributed by atoms with E-state index in [0.29, 0.717) is 24.3 Å². The predicted molar refractivity (Wildman–Crippen MR) is 80.2 cm³/mol. The summed E-state index contributed by atoms with van der Waals surface area (Å²) >= 11 is 0. The molecule has 24 heavy (non-hydrogen) atoms. The Hall–Kier alpha value is -2.25. The first-order valence-electron chi connectivity index (χ1n) is 7.60. The zero-order valence-electron chi connectivity index (χ0n) is 13.0. The number of carbonyl (C=O) groups is 2. The summed E-state index contributed by atoms with van der Waals surface area (Å²) < 4.78 is 43.7. The summed E-state index contributed by atoms with van der Waals surface area (Å²) in [6.07, 6.45) is -3.87. The van der Waals surface area contributed by atoms with Gasteiger partial charge in [0.2, 0.25) is 5.91 Å². The predicted octanol–water partition coefficient (Wildman–Crippen LogP) is 1.89. The Morgan fingerprint density at radius 3 is 2.75 bits per heavy atom. The first kappa shape index (κ1) is 18.1. The minimum Gasteiger partial charge on any atom is -0.484 e. The molecule has 1 saturated heterocycles. The Kier molecular flexibility index (Phi) is 5.69. The van der Waals surface area contributed by atoms with E-state index in [9.17, 15) is 22.8 Å². The Bertz CT molecular complexity index is 604. The molecular weight excluding hydrogens is 325 g/mol. The monoisotopic (exact) mass is 344 g/mol. The highest BCUT2D eigenvalue weighted by atomic mass is 19.4. The molecule has 0 aromatic heterocycles. The lowest BCUT2D eigenvalue weighted by Crippen LogP contribution is -2.46. The van der Waals surface area contributed by atoms with Gasteiger partial charge in [0.1, 0.15) is 5.75 Å². The van der Waals surface area contributed by atoms with Crippen molar-refractivity contribution in [2.45, 2.75) is 25.4 Å². The minimum atomic E-state index is -4.29. The standard InChI is InChI=1S/C16H19F3N2O3/c17-16(18,19)12-4-2-6-21(9-12)15(23)10-24-13-5-1-3-11(7-13)8-14(20)22/h1,3,5,7,12H,2,4,6,8-10H2,(H2,20,22). The second kappa shape index (κ2) is 7.55. The van der Waals surface area contributed by atoms with E-state index in [-0.39, 0.29) is 26.0 Å². The molecule has 0 radical (unpaired) electrons. The van der Waals surface area contributed by atoms with Crippen LogP contribution in [0.3, 0.4) is 0 Å². The third-order valence-electron chi connectivity index (χ3n) is 3.88. The van der Waals surface area contributed by atoms with Gasteiger partial charge in [-0.1, -0.05) is 12.1 Å². The average Bonchev–Trinajstić information content (AvgIpc) is 2.51. The number of piperidine rings is 1. The summed E-state index contributed by atoms with van der Waals surface area (Å²) in [7, 11) is 0. The van der Waals surface area contributed by atoms with Gasteiger partial charge in [0, 0.05) is 13.1 Å². The van der Waals surface area contributed by atoms with Crippen LogP contribution in [0.2, 0.25) is 0 Å². The molecule has 2 rings (SSSR count). The van der Waals surface area contributed by atoms with Gasteiger partial charge in [-0.05, 0) is 30.5 Å². The number of benzene rings is 1. The van der Waals surface area contributed by atoms with Gasteiger partial charge in [-0.3, -0.25) is 9.59 Å². The van der Waals surface area contributed by atoms with Crippen molar-refractivity contribution in [3.05, 3.63) is 29.8 Å². The van der Waals surface area contributed by atoms with Crippen molar-refractivity contribution in [3.8, 4) is 5.75 Å². The van der Waals surface area contributed by atoms with Crippen LogP contribution >= 0.6 is 0 Å². The van der Waals surface area contributed by atoms with E-state index >= 15 is 0 Å². The molecule has 2 N–H and O–H groups in total. The number of amides is 2. The fourth-order valence-corrected chi connectivity index (χ4v) is 2.65. The van der Waals surface area contributed by atoms with Gasteiger partial charge in [-0.25, -0.2) is 0 Å². The van der Waals surface area contributed by atoms with E-state index in [1.54, 1.807) is 24.3 Å². The quantitative estimate of drug-likeness (QED) is 0.887. The Morgan fingerprint density at radius 1 is 1.33 bits per heavy atom. The number of likely N-dealkylation sites (tertiary alicyclic amines) is 1. The average molecular weight is 344 g/mol. The van der Waals surface area contributed by atoms with Crippen LogP contribution in [0.25, 0.3) is 0 Å². The van der Waals surface area contributed by atoms with Crippen LogP contribution in [0, 0.1) is 5.92 Å². The van der Waals surface area contributed by atoms with E-state index < -0.39 is 23.9 Å². The van der Waals surface area contributed by atoms with E-state index in [4.69, 9.17) is 10.5 Å². The number of hydrogen-bond donors (Lipinski definition) is 1. The smallest absolute Gasteiger partial charge is 0.393 e. The van der Waals surface area contributed by atoms with Crippen molar-refractivity contribution < 1.29 is 27.5 Å².